The van der Waals surface area contributed by atoms with Gasteiger partial charge in [-0.05, 0) is 17.8 Å². The molecule has 3 unspecified atom stereocenters. The van der Waals surface area contributed by atoms with Crippen LogP contribution in [-0.4, -0.2) is 76.3 Å². The van der Waals surface area contributed by atoms with Gasteiger partial charge in [0, 0.05) is 0 Å². The first-order valence-corrected chi connectivity index (χ1v) is 29.0. The second-order valence-electron chi connectivity index (χ2n) is 21.6. The fourth-order valence-electron chi connectivity index (χ4n) is 10.6. The van der Waals surface area contributed by atoms with Crippen molar-refractivity contribution < 1.29 is 33.2 Å². The molecule has 3 aromatic carbocycles. The van der Waals surface area contributed by atoms with Gasteiger partial charge in [0.05, 0.1) is 0 Å². The maximum absolute atomic E-state index is 14.0. The third-order valence-electron chi connectivity index (χ3n) is 14.4. The summed E-state index contributed by atoms with van der Waals surface area (Å²) in [7, 11) is -0.587. The van der Waals surface area contributed by atoms with Gasteiger partial charge in [0.2, 0.25) is 0 Å². The van der Waals surface area contributed by atoms with Crippen molar-refractivity contribution in [2.75, 3.05) is 32.3 Å². The van der Waals surface area contributed by atoms with Crippen LogP contribution in [0.15, 0.2) is 95.9 Å². The Hall–Kier alpha value is -4.67. The summed E-state index contributed by atoms with van der Waals surface area (Å²) < 4.78 is 35.6. The minimum atomic E-state index is -3.84. The molecule has 1 fully saturated rings. The topological polar surface area (TPSA) is 157 Å². The van der Waals surface area contributed by atoms with Crippen molar-refractivity contribution in [3.63, 3.8) is 0 Å². The summed E-state index contributed by atoms with van der Waals surface area (Å²) >= 11 is 0. The summed E-state index contributed by atoms with van der Waals surface area (Å²) in [4.78, 5) is 44.2. The third kappa shape index (κ3) is 16.9. The Morgan fingerprint density at radius 2 is 1.32 bits per heavy atom. The molecule has 0 bridgehead atoms. The van der Waals surface area contributed by atoms with E-state index in [4.69, 9.17) is 23.5 Å². The average molecular weight is 1030 g/mol. The van der Waals surface area contributed by atoms with Gasteiger partial charge in [-0.3, -0.25) is 0 Å². The van der Waals surface area contributed by atoms with Gasteiger partial charge in [-0.15, -0.1) is 0 Å². The van der Waals surface area contributed by atoms with E-state index in [1.54, 1.807) is 26.5 Å². The number of amides is 1. The number of nitriles is 1. The van der Waals surface area contributed by atoms with Gasteiger partial charge in [-0.2, -0.15) is 0 Å². The molecular formula is C59H88N5O8P. The second-order valence-corrected chi connectivity index (χ2v) is 24.3. The number of aromatic nitrogens is 2. The van der Waals surface area contributed by atoms with Crippen molar-refractivity contribution in [1.82, 2.24) is 14.2 Å². The molecule has 1 aliphatic heterocycles. The number of methoxy groups -OCH3 is 2. The Labute approximate surface area is 437 Å². The van der Waals surface area contributed by atoms with Crippen molar-refractivity contribution in [3.05, 3.63) is 118 Å². The van der Waals surface area contributed by atoms with Gasteiger partial charge in [-0.25, -0.2) is 0 Å². The number of nitrogens with zero attached hydrogens (tertiary/aromatic N) is 4. The van der Waals surface area contributed by atoms with Crippen LogP contribution in [0.4, 0.5) is 5.82 Å². The van der Waals surface area contributed by atoms with E-state index in [1.807, 2.05) is 111 Å². The molecule has 73 heavy (non-hydrogen) atoms. The molecule has 1 amide bonds. The fourth-order valence-corrected chi connectivity index (χ4v) is 13.9. The van der Waals surface area contributed by atoms with Gasteiger partial charge in [0.25, 0.3) is 0 Å². The molecule has 5 rings (SSSR count). The van der Waals surface area contributed by atoms with E-state index in [9.17, 15) is 19.7 Å². The van der Waals surface area contributed by atoms with Crippen LogP contribution in [0, 0.1) is 35.0 Å². The van der Waals surface area contributed by atoms with Crippen molar-refractivity contribution in [2.45, 2.75) is 175 Å². The number of anilines is 1. The van der Waals surface area contributed by atoms with E-state index in [0.717, 1.165) is 47.8 Å². The van der Waals surface area contributed by atoms with Crippen molar-refractivity contribution in [3.8, 4) is 17.6 Å². The number of carbonyl (C=O) groups excluding carboxylic acids is 1. The zero-order chi connectivity index (χ0) is 53.1. The Bertz CT molecular complexity index is 2300. The van der Waals surface area contributed by atoms with Crippen molar-refractivity contribution in [1.29, 1.82) is 5.26 Å². The number of hydrogen-bond donors (Lipinski definition) is 2. The number of carbonyl (C=O) groups is 1. The predicted molar refractivity (Wildman–Crippen MR) is 295 cm³/mol. The SMILES string of the molecule is COc1ccc(C(OC[C@H]2O[C@@H](n3ccc(NC(=O)CC(C)CCCC(C)CCCC(C)CCCC(C)C)nc3=O)C[C@@H]2O[PH](O)(CCC#N)N(C(C)C)C(C)C)(c2ccccc2)c2ccc(OC)cc2)cc1. The molecule has 2 N–H and O–H groups in total. The van der Waals surface area contributed by atoms with E-state index < -0.39 is 37.6 Å². The molecule has 4 aromatic rings. The minimum absolute atomic E-state index is 0.0361. The molecule has 14 heteroatoms. The Morgan fingerprint density at radius 1 is 0.795 bits per heavy atom. The van der Waals surface area contributed by atoms with E-state index in [2.05, 4.69) is 51.0 Å². The molecule has 6 atom stereocenters. The monoisotopic (exact) mass is 1030 g/mol. The van der Waals surface area contributed by atoms with Crippen LogP contribution in [-0.2, 0) is 24.4 Å². The zero-order valence-electron chi connectivity index (χ0n) is 45.8. The first-order valence-electron chi connectivity index (χ1n) is 27.0. The van der Waals surface area contributed by atoms with E-state index in [0.29, 0.717) is 23.8 Å². The van der Waals surface area contributed by atoms with Crippen LogP contribution in [0.2, 0.25) is 0 Å². The standard InChI is InChI=1S/C59H88N5O8P/c1-42(2)19-15-20-45(7)21-16-22-46(8)23-17-24-47(9)39-56(65)61-55-35-37-63(58(66)62-55)57-40-53(72-73(67,38-18-36-60)64(43(3)4)44(5)6)54(71-57)41-70-59(48-25-13-12-14-26-48,49-27-31-51(68-10)32-28-49)50-29-33-52(69-11)34-30-50/h12-14,25-35,37,42-47,53-54,57,67,73H,15-24,38-41H2,1-11H3,(H,61,62,65,66)/t45?,46?,47?,53-,54+,57+/m0/s1. The van der Waals surface area contributed by atoms with E-state index in [-0.39, 0.29) is 55.3 Å². The van der Waals surface area contributed by atoms with Crippen molar-refractivity contribution >= 4 is 19.6 Å². The average Bonchev–Trinajstić information content (AvgIpc) is 3.74. The first kappa shape index (κ1) is 59.2. The summed E-state index contributed by atoms with van der Waals surface area (Å²) in [6, 6.07) is 29.1. The molecule has 13 nitrogen and oxygen atoms in total. The molecule has 0 spiro atoms. The Morgan fingerprint density at radius 3 is 1.81 bits per heavy atom. The summed E-state index contributed by atoms with van der Waals surface area (Å²) in [5, 5.41) is 12.6. The quantitative estimate of drug-likeness (QED) is 0.0365. The third-order valence-corrected chi connectivity index (χ3v) is 17.9. The molecule has 0 saturated carbocycles. The molecule has 402 valence electrons. The van der Waals surface area contributed by atoms with Gasteiger partial charge >= 0.3 is 329 Å². The fraction of sp³-hybridized carbons (Fsp3) is 0.593. The number of rotatable bonds is 31. The van der Waals surface area contributed by atoms with Crippen LogP contribution >= 0.6 is 7.87 Å². The molecule has 0 aliphatic carbocycles. The zero-order valence-corrected chi connectivity index (χ0v) is 46.8. The molecule has 1 saturated heterocycles. The second kappa shape index (κ2) is 28.9. The summed E-state index contributed by atoms with van der Waals surface area (Å²) in [6.07, 6.45) is 10.9. The predicted octanol–water partition coefficient (Wildman–Crippen LogP) is 12.9. The molecule has 1 aliphatic rings. The number of nitrogens with one attached hydrogen (secondary N) is 1. The van der Waals surface area contributed by atoms with E-state index in [1.165, 1.54) is 43.1 Å². The van der Waals surface area contributed by atoms with Crippen LogP contribution in [0.1, 0.15) is 162 Å². The van der Waals surface area contributed by atoms with Gasteiger partial charge < -0.3 is 0 Å². The van der Waals surface area contributed by atoms with Crippen molar-refractivity contribution in [2.24, 2.45) is 23.7 Å². The Kier molecular flexibility index (Phi) is 23.4. The molecule has 2 heterocycles. The Balaban J connectivity index is 1.35. The van der Waals surface area contributed by atoms with Crippen LogP contribution in [0.3, 0.4) is 0 Å². The van der Waals surface area contributed by atoms with Crippen LogP contribution < -0.4 is 20.5 Å². The molecular weight excluding hydrogens is 938 g/mol. The summed E-state index contributed by atoms with van der Waals surface area (Å²) in [5.74, 6) is 3.78. The normalized spacial score (nSPS) is 17.7. The summed E-state index contributed by atoms with van der Waals surface area (Å²) in [5.41, 5.74) is 0.699. The van der Waals surface area contributed by atoms with E-state index >= 15 is 0 Å². The van der Waals surface area contributed by atoms with Crippen LogP contribution in [0.25, 0.3) is 0 Å². The maximum atomic E-state index is 14.0. The van der Waals surface area contributed by atoms with Gasteiger partial charge in [0.1, 0.15) is 0 Å². The summed E-state index contributed by atoms with van der Waals surface area (Å²) in [6.45, 7) is 19.4. The van der Waals surface area contributed by atoms with Gasteiger partial charge in [0.15, 0.2) is 0 Å². The molecule has 1 aromatic heterocycles. The first-order chi connectivity index (χ1) is 34.9. The van der Waals surface area contributed by atoms with Crippen LogP contribution in [0.5, 0.6) is 11.5 Å². The number of hydrogen-bond acceptors (Lipinski definition) is 11. The number of ether oxygens (including phenoxy) is 4. The van der Waals surface area contributed by atoms with Gasteiger partial charge in [-0.1, -0.05) is 92.4 Å². The molecule has 0 radical (unpaired) electrons. The number of benzene rings is 3.